The van der Waals surface area contributed by atoms with Crippen molar-refractivity contribution >= 4 is 30.7 Å². The van der Waals surface area contributed by atoms with Gasteiger partial charge in [-0.25, -0.2) is 0 Å². The van der Waals surface area contributed by atoms with Gasteiger partial charge in [-0.1, -0.05) is 6.92 Å². The number of hydrogen-bond acceptors (Lipinski definition) is 4. The van der Waals surface area contributed by atoms with Crippen LogP contribution in [0, 0.1) is 5.92 Å². The molecule has 7 heteroatoms. The van der Waals surface area contributed by atoms with Gasteiger partial charge in [0, 0.05) is 32.7 Å². The molecule has 5 nitrogen and oxygen atoms in total. The van der Waals surface area contributed by atoms with E-state index >= 15 is 0 Å². The smallest absolute Gasteiger partial charge is 0.253 e. The molecule has 2 rings (SSSR count). The summed E-state index contributed by atoms with van der Waals surface area (Å²) in [5.41, 5.74) is 0. The lowest BCUT2D eigenvalue weighted by Crippen LogP contribution is -2.49. The summed E-state index contributed by atoms with van der Waals surface area (Å²) < 4.78 is 5.53. The van der Waals surface area contributed by atoms with Crippen LogP contribution in [0.2, 0.25) is 0 Å². The van der Waals surface area contributed by atoms with Crippen LogP contribution in [-0.4, -0.2) is 74.7 Å². The van der Waals surface area contributed by atoms with Crippen molar-refractivity contribution in [1.29, 1.82) is 0 Å². The number of carbonyl (C=O) groups is 1. The van der Waals surface area contributed by atoms with Crippen LogP contribution in [0.3, 0.4) is 0 Å². The van der Waals surface area contributed by atoms with Crippen LogP contribution in [0.4, 0.5) is 0 Å². The molecule has 2 saturated heterocycles. The Hall–Kier alpha value is -0.0700. The Balaban J connectivity index is 0.00000180. The summed E-state index contributed by atoms with van der Waals surface area (Å²) in [4.78, 5) is 16.5. The van der Waals surface area contributed by atoms with E-state index in [9.17, 15) is 4.79 Å². The third-order valence-corrected chi connectivity index (χ3v) is 3.91. The zero-order valence-electron chi connectivity index (χ0n) is 12.3. The van der Waals surface area contributed by atoms with E-state index in [-0.39, 0.29) is 36.8 Å². The standard InChI is InChI=1S/C13H25N3O2.2ClH/c1-3-15(2)9-11-4-6-16(10-11)13(17)12-8-14-5-7-18-12;;/h11-12,14H,3-10H2,1-2H3;2*1H. The molecular formula is C13H27Cl2N3O2. The van der Waals surface area contributed by atoms with Gasteiger partial charge in [-0.3, -0.25) is 4.79 Å². The summed E-state index contributed by atoms with van der Waals surface area (Å²) >= 11 is 0. The van der Waals surface area contributed by atoms with Crippen LogP contribution in [0.25, 0.3) is 0 Å². The molecule has 0 spiro atoms. The zero-order chi connectivity index (χ0) is 13.0. The first-order chi connectivity index (χ1) is 8.70. The second-order valence-corrected chi connectivity index (χ2v) is 5.36. The topological polar surface area (TPSA) is 44.8 Å². The normalized spacial score (nSPS) is 26.1. The number of nitrogens with one attached hydrogen (secondary N) is 1. The van der Waals surface area contributed by atoms with Crippen molar-refractivity contribution in [2.75, 3.05) is 52.9 Å². The first-order valence-electron chi connectivity index (χ1n) is 7.00. The average Bonchev–Trinajstić information content (AvgIpc) is 2.87. The first-order valence-corrected chi connectivity index (χ1v) is 7.00. The van der Waals surface area contributed by atoms with Crippen LogP contribution in [0.1, 0.15) is 13.3 Å². The molecule has 2 aliphatic heterocycles. The molecule has 0 saturated carbocycles. The molecule has 1 amide bonds. The number of rotatable bonds is 4. The molecule has 0 aromatic heterocycles. The number of morpholine rings is 1. The SMILES string of the molecule is CCN(C)CC1CCN(C(=O)C2CNCCO2)C1.Cl.Cl. The van der Waals surface area contributed by atoms with Crippen molar-refractivity contribution in [2.45, 2.75) is 19.4 Å². The van der Waals surface area contributed by atoms with Gasteiger partial charge in [0.1, 0.15) is 6.10 Å². The maximum absolute atomic E-state index is 12.2. The Bertz CT molecular complexity index is 289. The van der Waals surface area contributed by atoms with Crippen LogP contribution in [-0.2, 0) is 9.53 Å². The molecule has 2 heterocycles. The number of carbonyl (C=O) groups excluding carboxylic acids is 1. The number of amides is 1. The predicted octanol–water partition coefficient (Wildman–Crippen LogP) is 0.619. The molecule has 2 unspecified atom stereocenters. The maximum atomic E-state index is 12.2. The zero-order valence-corrected chi connectivity index (χ0v) is 14.0. The van der Waals surface area contributed by atoms with Crippen LogP contribution in [0.5, 0.6) is 0 Å². The van der Waals surface area contributed by atoms with Crippen molar-refractivity contribution in [3.05, 3.63) is 0 Å². The van der Waals surface area contributed by atoms with E-state index in [1.807, 2.05) is 4.90 Å². The highest BCUT2D eigenvalue weighted by atomic mass is 35.5. The molecule has 2 atom stereocenters. The highest BCUT2D eigenvalue weighted by molar-refractivity contribution is 5.85. The largest absolute Gasteiger partial charge is 0.366 e. The summed E-state index contributed by atoms with van der Waals surface area (Å²) in [5.74, 6) is 0.791. The Morgan fingerprint density at radius 1 is 1.45 bits per heavy atom. The monoisotopic (exact) mass is 327 g/mol. The predicted molar refractivity (Wildman–Crippen MR) is 85.0 cm³/mol. The highest BCUT2D eigenvalue weighted by Gasteiger charge is 2.32. The van der Waals surface area contributed by atoms with E-state index in [2.05, 4.69) is 24.2 Å². The molecule has 2 aliphatic rings. The lowest BCUT2D eigenvalue weighted by Gasteiger charge is -2.27. The second kappa shape index (κ2) is 9.79. The van der Waals surface area contributed by atoms with Crippen molar-refractivity contribution < 1.29 is 9.53 Å². The Morgan fingerprint density at radius 2 is 2.20 bits per heavy atom. The molecule has 2 fully saturated rings. The van der Waals surface area contributed by atoms with Gasteiger partial charge in [0.15, 0.2) is 0 Å². The molecule has 20 heavy (non-hydrogen) atoms. The summed E-state index contributed by atoms with van der Waals surface area (Å²) in [6.07, 6.45) is 0.859. The molecule has 0 bridgehead atoms. The summed E-state index contributed by atoms with van der Waals surface area (Å²) in [7, 11) is 2.14. The summed E-state index contributed by atoms with van der Waals surface area (Å²) in [6.45, 7) is 8.27. The number of hydrogen-bond donors (Lipinski definition) is 1. The third kappa shape index (κ3) is 5.37. The minimum absolute atomic E-state index is 0. The summed E-state index contributed by atoms with van der Waals surface area (Å²) in [5, 5.41) is 3.21. The van der Waals surface area contributed by atoms with E-state index in [1.165, 1.54) is 0 Å². The molecule has 0 aromatic rings. The van der Waals surface area contributed by atoms with Gasteiger partial charge in [-0.2, -0.15) is 0 Å². The molecule has 0 radical (unpaired) electrons. The van der Waals surface area contributed by atoms with Crippen molar-refractivity contribution in [3.63, 3.8) is 0 Å². The number of halogens is 2. The number of likely N-dealkylation sites (tertiary alicyclic amines) is 1. The van der Waals surface area contributed by atoms with E-state index in [4.69, 9.17) is 4.74 Å². The maximum Gasteiger partial charge on any atom is 0.253 e. The van der Waals surface area contributed by atoms with Crippen molar-refractivity contribution in [1.82, 2.24) is 15.1 Å². The van der Waals surface area contributed by atoms with Gasteiger partial charge >= 0.3 is 0 Å². The molecule has 1 N–H and O–H groups in total. The van der Waals surface area contributed by atoms with Crippen LogP contribution >= 0.6 is 24.8 Å². The second-order valence-electron chi connectivity index (χ2n) is 5.36. The Labute approximate surface area is 134 Å². The summed E-state index contributed by atoms with van der Waals surface area (Å²) in [6, 6.07) is 0. The molecule has 120 valence electrons. The van der Waals surface area contributed by atoms with E-state index in [1.54, 1.807) is 0 Å². The average molecular weight is 328 g/mol. The molecule has 0 aromatic carbocycles. The van der Waals surface area contributed by atoms with Gasteiger partial charge in [-0.05, 0) is 25.9 Å². The number of ether oxygens (including phenoxy) is 1. The molecule has 0 aliphatic carbocycles. The minimum Gasteiger partial charge on any atom is -0.366 e. The van der Waals surface area contributed by atoms with E-state index in [0.29, 0.717) is 19.1 Å². The highest BCUT2D eigenvalue weighted by Crippen LogP contribution is 2.18. The molecular weight excluding hydrogens is 301 g/mol. The fourth-order valence-corrected chi connectivity index (χ4v) is 2.68. The van der Waals surface area contributed by atoms with Gasteiger partial charge in [0.25, 0.3) is 5.91 Å². The fourth-order valence-electron chi connectivity index (χ4n) is 2.68. The van der Waals surface area contributed by atoms with Gasteiger partial charge in [-0.15, -0.1) is 24.8 Å². The quantitative estimate of drug-likeness (QED) is 0.822. The lowest BCUT2D eigenvalue weighted by atomic mass is 10.1. The van der Waals surface area contributed by atoms with Gasteiger partial charge < -0.3 is 19.9 Å². The third-order valence-electron chi connectivity index (χ3n) is 3.91. The Kier molecular flexibility index (Phi) is 9.76. The lowest BCUT2D eigenvalue weighted by molar-refractivity contribution is -0.144. The van der Waals surface area contributed by atoms with Gasteiger partial charge in [0.2, 0.25) is 0 Å². The van der Waals surface area contributed by atoms with Crippen molar-refractivity contribution in [2.24, 2.45) is 5.92 Å². The van der Waals surface area contributed by atoms with Crippen LogP contribution in [0.15, 0.2) is 0 Å². The van der Waals surface area contributed by atoms with E-state index in [0.717, 1.165) is 39.1 Å². The minimum atomic E-state index is -0.263. The van der Waals surface area contributed by atoms with Crippen molar-refractivity contribution in [3.8, 4) is 0 Å². The number of nitrogens with zero attached hydrogens (tertiary/aromatic N) is 2. The van der Waals surface area contributed by atoms with E-state index < -0.39 is 0 Å². The first kappa shape index (κ1) is 19.9. The fraction of sp³-hybridized carbons (Fsp3) is 0.923. The van der Waals surface area contributed by atoms with Gasteiger partial charge in [0.05, 0.1) is 6.61 Å². The Morgan fingerprint density at radius 3 is 2.80 bits per heavy atom. The van der Waals surface area contributed by atoms with Crippen LogP contribution < -0.4 is 5.32 Å².